The van der Waals surface area contributed by atoms with E-state index < -0.39 is 7.92 Å². The van der Waals surface area contributed by atoms with Crippen LogP contribution in [0.3, 0.4) is 0 Å². The van der Waals surface area contributed by atoms with Crippen LogP contribution in [0.5, 0.6) is 0 Å². The Balaban J connectivity index is 1.60. The van der Waals surface area contributed by atoms with Gasteiger partial charge in [0.25, 0.3) is 0 Å². The second-order valence-corrected chi connectivity index (χ2v) is 11.1. The Morgan fingerprint density at radius 2 is 1.62 bits per heavy atom. The molecule has 3 nitrogen and oxygen atoms in total. The van der Waals surface area contributed by atoms with Gasteiger partial charge in [0.05, 0.1) is 6.04 Å². The molecule has 0 radical (unpaired) electrons. The lowest BCUT2D eigenvalue weighted by atomic mass is 9.97. The van der Waals surface area contributed by atoms with Crippen molar-refractivity contribution in [1.29, 1.82) is 0 Å². The van der Waals surface area contributed by atoms with E-state index in [1.54, 1.807) is 0 Å². The summed E-state index contributed by atoms with van der Waals surface area (Å²) in [6, 6.07) is 22.3. The van der Waals surface area contributed by atoms with Crippen molar-refractivity contribution in [1.82, 2.24) is 10.6 Å². The van der Waals surface area contributed by atoms with Crippen molar-refractivity contribution in [2.24, 2.45) is 11.8 Å². The summed E-state index contributed by atoms with van der Waals surface area (Å²) >= 11 is 0. The molecule has 0 bridgehead atoms. The summed E-state index contributed by atoms with van der Waals surface area (Å²) in [6.07, 6.45) is 4.51. The predicted octanol–water partition coefficient (Wildman–Crippen LogP) is 3.79. The third-order valence-corrected chi connectivity index (χ3v) is 9.93. The van der Waals surface area contributed by atoms with E-state index in [0.29, 0.717) is 17.5 Å². The Morgan fingerprint density at radius 3 is 2.17 bits per heavy atom. The summed E-state index contributed by atoms with van der Waals surface area (Å²) in [5.41, 5.74) is 0.585. The first-order valence-corrected chi connectivity index (χ1v) is 12.5. The zero-order valence-electron chi connectivity index (χ0n) is 17.6. The molecule has 1 saturated carbocycles. The van der Waals surface area contributed by atoms with Gasteiger partial charge in [-0.3, -0.25) is 4.79 Å². The zero-order chi connectivity index (χ0) is 20.2. The van der Waals surface area contributed by atoms with E-state index in [0.717, 1.165) is 19.4 Å². The summed E-state index contributed by atoms with van der Waals surface area (Å²) in [5, 5.41) is 9.62. The van der Waals surface area contributed by atoms with Gasteiger partial charge in [-0.25, -0.2) is 0 Å². The second-order valence-electron chi connectivity index (χ2n) is 8.70. The number of rotatable bonds is 6. The number of hydrogen-bond donors (Lipinski definition) is 2. The van der Waals surface area contributed by atoms with Crippen LogP contribution in [-0.4, -0.2) is 30.2 Å². The van der Waals surface area contributed by atoms with E-state index in [-0.39, 0.29) is 18.0 Å². The van der Waals surface area contributed by atoms with Crippen molar-refractivity contribution >= 4 is 24.4 Å². The van der Waals surface area contributed by atoms with E-state index >= 15 is 0 Å². The summed E-state index contributed by atoms with van der Waals surface area (Å²) < 4.78 is 0. The molecule has 2 aromatic rings. The van der Waals surface area contributed by atoms with Gasteiger partial charge in [-0.15, -0.1) is 0 Å². The zero-order valence-corrected chi connectivity index (χ0v) is 18.4. The van der Waals surface area contributed by atoms with E-state index in [1.165, 1.54) is 23.5 Å². The fraction of sp³-hybridized carbons (Fsp3) is 0.480. The molecule has 2 unspecified atom stereocenters. The molecule has 1 aliphatic heterocycles. The van der Waals surface area contributed by atoms with Gasteiger partial charge in [-0.2, -0.15) is 0 Å². The average molecular weight is 409 g/mol. The third kappa shape index (κ3) is 4.57. The standard InChI is InChI=1S/C25H33N2OP/c1-18-15-16-22(19(2)27-25(28)23-14-9-17-26-23)24(18)29(20-10-5-3-6-11-20)21-12-7-4-8-13-21/h3-8,10-13,18-19,22-24,26H,9,14-17H2,1-2H3,(H,27,28)/t18?,19-,22+,23-,24?/m1/s1. The predicted molar refractivity (Wildman–Crippen MR) is 123 cm³/mol. The number of benzene rings is 2. The van der Waals surface area contributed by atoms with Crippen molar-refractivity contribution in [3.8, 4) is 0 Å². The molecule has 4 rings (SSSR count). The second kappa shape index (κ2) is 9.41. The molecule has 1 aliphatic carbocycles. The van der Waals surface area contributed by atoms with E-state index in [9.17, 15) is 4.79 Å². The maximum atomic E-state index is 12.7. The number of hydrogen-bond acceptors (Lipinski definition) is 2. The average Bonchev–Trinajstić information content (AvgIpc) is 3.41. The van der Waals surface area contributed by atoms with Crippen LogP contribution in [0.25, 0.3) is 0 Å². The molecule has 2 aliphatic rings. The third-order valence-electron chi connectivity index (χ3n) is 6.73. The fourth-order valence-electron chi connectivity index (χ4n) is 5.22. The molecule has 1 amide bonds. The number of carbonyl (C=O) groups is 1. The van der Waals surface area contributed by atoms with Crippen molar-refractivity contribution < 1.29 is 4.79 Å². The Morgan fingerprint density at radius 1 is 1.00 bits per heavy atom. The molecule has 0 spiro atoms. The van der Waals surface area contributed by atoms with Crippen LogP contribution in [-0.2, 0) is 4.79 Å². The monoisotopic (exact) mass is 408 g/mol. The van der Waals surface area contributed by atoms with Gasteiger partial charge in [0.15, 0.2) is 0 Å². The molecule has 0 aromatic heterocycles. The quantitative estimate of drug-likeness (QED) is 0.714. The molecule has 154 valence electrons. The molecule has 1 saturated heterocycles. The van der Waals surface area contributed by atoms with Gasteiger partial charge in [0.2, 0.25) is 5.91 Å². The summed E-state index contributed by atoms with van der Waals surface area (Å²) in [4.78, 5) is 12.7. The van der Waals surface area contributed by atoms with Gasteiger partial charge >= 0.3 is 0 Å². The molecule has 5 atom stereocenters. The maximum absolute atomic E-state index is 12.7. The maximum Gasteiger partial charge on any atom is 0.237 e. The van der Waals surface area contributed by atoms with Crippen molar-refractivity contribution in [2.45, 2.75) is 57.3 Å². The lowest BCUT2D eigenvalue weighted by Gasteiger charge is -2.36. The van der Waals surface area contributed by atoms with Crippen molar-refractivity contribution in [2.75, 3.05) is 6.54 Å². The minimum Gasteiger partial charge on any atom is -0.352 e. The SMILES string of the molecule is CC1CC[C@@H]([C@@H](C)NC(=O)[C@H]2CCCN2)C1P(c1ccccc1)c1ccccc1. The van der Waals surface area contributed by atoms with Gasteiger partial charge in [-0.1, -0.05) is 67.6 Å². The number of carbonyl (C=O) groups excluding carboxylic acids is 1. The number of nitrogens with one attached hydrogen (secondary N) is 2. The molecule has 2 fully saturated rings. The largest absolute Gasteiger partial charge is 0.352 e. The van der Waals surface area contributed by atoms with Crippen LogP contribution in [0, 0.1) is 11.8 Å². The molecule has 2 aromatic carbocycles. The van der Waals surface area contributed by atoms with Crippen LogP contribution in [0.2, 0.25) is 0 Å². The highest BCUT2D eigenvalue weighted by atomic mass is 31.1. The van der Waals surface area contributed by atoms with Crippen LogP contribution >= 0.6 is 7.92 Å². The summed E-state index contributed by atoms with van der Waals surface area (Å²) in [5.74, 6) is 1.37. The number of amides is 1. The van der Waals surface area contributed by atoms with Crippen molar-refractivity contribution in [3.63, 3.8) is 0 Å². The highest BCUT2D eigenvalue weighted by Gasteiger charge is 2.43. The first-order chi connectivity index (χ1) is 14.1. The Labute approximate surface area is 176 Å². The lowest BCUT2D eigenvalue weighted by molar-refractivity contribution is -0.123. The Hall–Kier alpha value is -1.70. The van der Waals surface area contributed by atoms with Gasteiger partial charge in [0, 0.05) is 6.04 Å². The molecule has 2 N–H and O–H groups in total. The minimum atomic E-state index is -0.465. The van der Waals surface area contributed by atoms with Crippen LogP contribution in [0.4, 0.5) is 0 Å². The van der Waals surface area contributed by atoms with Crippen LogP contribution < -0.4 is 21.2 Å². The van der Waals surface area contributed by atoms with Crippen molar-refractivity contribution in [3.05, 3.63) is 60.7 Å². The van der Waals surface area contributed by atoms with Gasteiger partial charge in [-0.05, 0) is 75.2 Å². The Kier molecular flexibility index (Phi) is 6.67. The molecule has 4 heteroatoms. The smallest absolute Gasteiger partial charge is 0.237 e. The van der Waals surface area contributed by atoms with Crippen LogP contribution in [0.1, 0.15) is 39.5 Å². The highest BCUT2D eigenvalue weighted by Crippen LogP contribution is 2.53. The highest BCUT2D eigenvalue weighted by molar-refractivity contribution is 7.73. The lowest BCUT2D eigenvalue weighted by Crippen LogP contribution is -2.48. The molecular weight excluding hydrogens is 375 g/mol. The first kappa shape index (κ1) is 20.6. The van der Waals surface area contributed by atoms with E-state index in [1.807, 2.05) is 0 Å². The normalized spacial score (nSPS) is 27.8. The molecule has 1 heterocycles. The van der Waals surface area contributed by atoms with E-state index in [4.69, 9.17) is 0 Å². The molecular formula is C25H33N2OP. The van der Waals surface area contributed by atoms with Gasteiger partial charge < -0.3 is 10.6 Å². The fourth-order valence-corrected chi connectivity index (χ4v) is 8.64. The Bertz CT molecular complexity index is 751. The first-order valence-electron chi connectivity index (χ1n) is 11.1. The van der Waals surface area contributed by atoms with Gasteiger partial charge in [0.1, 0.15) is 0 Å². The van der Waals surface area contributed by atoms with Crippen LogP contribution in [0.15, 0.2) is 60.7 Å². The van der Waals surface area contributed by atoms with E-state index in [2.05, 4.69) is 85.1 Å². The minimum absolute atomic E-state index is 0.000477. The summed E-state index contributed by atoms with van der Waals surface area (Å²) in [7, 11) is -0.465. The topological polar surface area (TPSA) is 41.1 Å². The summed E-state index contributed by atoms with van der Waals surface area (Å²) in [6.45, 7) is 5.61. The molecule has 29 heavy (non-hydrogen) atoms.